The summed E-state index contributed by atoms with van der Waals surface area (Å²) in [7, 11) is 2.93. The number of amides is 1. The molecule has 0 radical (unpaired) electrons. The molecule has 0 bridgehead atoms. The van der Waals surface area contributed by atoms with E-state index in [1.165, 1.54) is 35.1 Å². The van der Waals surface area contributed by atoms with E-state index in [0.29, 0.717) is 5.92 Å². The lowest BCUT2D eigenvalue weighted by Gasteiger charge is -2.15. The quantitative estimate of drug-likeness (QED) is 0.622. The molecule has 1 aromatic carbocycles. The molecule has 9 nitrogen and oxygen atoms in total. The van der Waals surface area contributed by atoms with Crippen molar-refractivity contribution in [3.05, 3.63) is 62.6 Å². The Morgan fingerprint density at radius 2 is 1.72 bits per heavy atom. The van der Waals surface area contributed by atoms with E-state index in [1.807, 2.05) is 24.3 Å². The lowest BCUT2D eigenvalue weighted by molar-refractivity contribution is -0.121. The molecule has 0 spiro atoms. The average molecular weight is 398 g/mol. The number of benzene rings is 1. The Morgan fingerprint density at radius 1 is 1.10 bits per heavy atom. The van der Waals surface area contributed by atoms with Crippen LogP contribution in [0.4, 0.5) is 0 Å². The van der Waals surface area contributed by atoms with Crippen LogP contribution in [-0.4, -0.2) is 31.1 Å². The van der Waals surface area contributed by atoms with E-state index >= 15 is 0 Å². The van der Waals surface area contributed by atoms with Gasteiger partial charge in [0.25, 0.3) is 5.56 Å². The van der Waals surface area contributed by atoms with Crippen molar-refractivity contribution in [2.45, 2.75) is 32.4 Å². The molecule has 1 unspecified atom stereocenters. The maximum absolute atomic E-state index is 12.4. The Kier molecular flexibility index (Phi) is 5.69. The number of fused-ring (bicyclic) bond motifs is 1. The molecule has 1 amide bonds. The number of nitrogens with zero attached hydrogens (tertiary/aromatic N) is 4. The zero-order valence-corrected chi connectivity index (χ0v) is 17.0. The third kappa shape index (κ3) is 4.00. The number of rotatable bonds is 6. The van der Waals surface area contributed by atoms with Crippen molar-refractivity contribution in [2.24, 2.45) is 19.8 Å². The van der Waals surface area contributed by atoms with Crippen LogP contribution in [0.5, 0.6) is 0 Å². The molecule has 0 saturated carbocycles. The fourth-order valence-electron chi connectivity index (χ4n) is 3.20. The van der Waals surface area contributed by atoms with Crippen LogP contribution >= 0.6 is 0 Å². The fourth-order valence-corrected chi connectivity index (χ4v) is 3.20. The molecule has 0 aliphatic heterocycles. The first-order chi connectivity index (χ1) is 13.7. The maximum Gasteiger partial charge on any atom is 0.332 e. The van der Waals surface area contributed by atoms with Crippen molar-refractivity contribution >= 4 is 17.1 Å². The van der Waals surface area contributed by atoms with Gasteiger partial charge in [-0.2, -0.15) is 0 Å². The van der Waals surface area contributed by atoms with Crippen molar-refractivity contribution in [1.29, 1.82) is 0 Å². The van der Waals surface area contributed by atoms with Crippen LogP contribution in [0.2, 0.25) is 0 Å². The molecule has 29 heavy (non-hydrogen) atoms. The van der Waals surface area contributed by atoms with Crippen LogP contribution in [-0.2, 0) is 25.4 Å². The molecule has 2 heterocycles. The normalized spacial score (nSPS) is 12.5. The summed E-state index contributed by atoms with van der Waals surface area (Å²) >= 11 is 0. The van der Waals surface area contributed by atoms with Crippen LogP contribution in [0.15, 0.2) is 40.2 Å². The molecule has 0 aliphatic rings. The molecule has 2 aromatic heterocycles. The minimum atomic E-state index is -0.490. The molecule has 1 atom stereocenters. The van der Waals surface area contributed by atoms with Crippen molar-refractivity contribution in [2.75, 3.05) is 6.54 Å². The Labute approximate surface area is 167 Å². The molecule has 3 N–H and O–H groups in total. The summed E-state index contributed by atoms with van der Waals surface area (Å²) in [6.07, 6.45) is 1.38. The number of aryl methyl sites for hydroxylation is 1. The third-order valence-corrected chi connectivity index (χ3v) is 5.08. The summed E-state index contributed by atoms with van der Waals surface area (Å²) in [5, 5.41) is 2.79. The zero-order chi connectivity index (χ0) is 21.3. The first-order valence-electron chi connectivity index (χ1n) is 9.43. The van der Waals surface area contributed by atoms with Crippen LogP contribution < -0.4 is 22.3 Å². The molecular weight excluding hydrogens is 372 g/mol. The Morgan fingerprint density at radius 3 is 2.34 bits per heavy atom. The molecule has 0 aliphatic carbocycles. The van der Waals surface area contributed by atoms with Gasteiger partial charge in [-0.05, 0) is 17.0 Å². The van der Waals surface area contributed by atoms with Crippen LogP contribution in [0.25, 0.3) is 11.2 Å². The second-order valence-electron chi connectivity index (χ2n) is 7.48. The van der Waals surface area contributed by atoms with Crippen LogP contribution in [0.1, 0.15) is 36.9 Å². The molecule has 3 aromatic rings. The number of nitrogens with two attached hydrogens (primary N) is 1. The van der Waals surface area contributed by atoms with E-state index in [2.05, 4.69) is 24.1 Å². The Bertz CT molecular complexity index is 1150. The van der Waals surface area contributed by atoms with Gasteiger partial charge in [-0.3, -0.25) is 18.7 Å². The summed E-state index contributed by atoms with van der Waals surface area (Å²) in [6.45, 7) is 4.42. The highest BCUT2D eigenvalue weighted by Crippen LogP contribution is 2.17. The van der Waals surface area contributed by atoms with Crippen molar-refractivity contribution in [3.8, 4) is 0 Å². The van der Waals surface area contributed by atoms with E-state index in [9.17, 15) is 14.4 Å². The largest absolute Gasteiger partial charge is 0.353 e. The Hall–Kier alpha value is -3.20. The van der Waals surface area contributed by atoms with Gasteiger partial charge in [0.2, 0.25) is 5.91 Å². The van der Waals surface area contributed by atoms with Crippen molar-refractivity contribution < 1.29 is 4.79 Å². The monoisotopic (exact) mass is 398 g/mol. The van der Waals surface area contributed by atoms with Gasteiger partial charge in [0.1, 0.15) is 6.54 Å². The van der Waals surface area contributed by atoms with E-state index in [4.69, 9.17) is 5.73 Å². The minimum Gasteiger partial charge on any atom is -0.353 e. The minimum absolute atomic E-state index is 0.0943. The van der Waals surface area contributed by atoms with Gasteiger partial charge in [0, 0.05) is 26.7 Å². The summed E-state index contributed by atoms with van der Waals surface area (Å²) in [6, 6.07) is 7.69. The predicted octanol–water partition coefficient (Wildman–Crippen LogP) is 0.373. The van der Waals surface area contributed by atoms with Gasteiger partial charge in [-0.25, -0.2) is 9.78 Å². The highest BCUT2D eigenvalue weighted by atomic mass is 16.2. The lowest BCUT2D eigenvalue weighted by atomic mass is 9.99. The zero-order valence-electron chi connectivity index (χ0n) is 17.0. The standard InChI is InChI=1S/C20H26N6O3/c1-12(2)13-5-7-14(8-6-13)15(21)9-22-16(27)10-26-11-23-18-17(26)19(28)25(4)20(29)24(18)3/h5-8,11-12,15H,9-10,21H2,1-4H3,(H,22,27). The molecule has 3 rings (SSSR count). The van der Waals surface area contributed by atoms with Gasteiger partial charge in [0.15, 0.2) is 11.2 Å². The van der Waals surface area contributed by atoms with Crippen LogP contribution in [0.3, 0.4) is 0 Å². The number of aromatic nitrogens is 4. The molecule has 0 fully saturated rings. The molecular formula is C20H26N6O3. The first kappa shape index (κ1) is 20.5. The van der Waals surface area contributed by atoms with E-state index in [1.54, 1.807) is 0 Å². The predicted molar refractivity (Wildman–Crippen MR) is 111 cm³/mol. The van der Waals surface area contributed by atoms with Crippen molar-refractivity contribution in [3.63, 3.8) is 0 Å². The van der Waals surface area contributed by atoms with E-state index in [-0.39, 0.29) is 36.2 Å². The van der Waals surface area contributed by atoms with Gasteiger partial charge in [-0.15, -0.1) is 0 Å². The molecule has 154 valence electrons. The first-order valence-corrected chi connectivity index (χ1v) is 9.43. The second-order valence-corrected chi connectivity index (χ2v) is 7.48. The summed E-state index contributed by atoms with van der Waals surface area (Å²) in [5.41, 5.74) is 7.85. The number of hydrogen-bond acceptors (Lipinski definition) is 5. The van der Waals surface area contributed by atoms with E-state index in [0.717, 1.165) is 10.1 Å². The smallest absolute Gasteiger partial charge is 0.332 e. The number of nitrogens with one attached hydrogen (secondary N) is 1. The van der Waals surface area contributed by atoms with E-state index < -0.39 is 11.2 Å². The highest BCUT2D eigenvalue weighted by molar-refractivity contribution is 5.78. The second kappa shape index (κ2) is 8.04. The van der Waals surface area contributed by atoms with Crippen molar-refractivity contribution in [1.82, 2.24) is 24.0 Å². The topological polar surface area (TPSA) is 117 Å². The summed E-state index contributed by atoms with van der Waals surface area (Å²) < 4.78 is 3.71. The summed E-state index contributed by atoms with van der Waals surface area (Å²) in [5.74, 6) is 0.145. The highest BCUT2D eigenvalue weighted by Gasteiger charge is 2.16. The lowest BCUT2D eigenvalue weighted by Crippen LogP contribution is -2.38. The van der Waals surface area contributed by atoms with Gasteiger partial charge < -0.3 is 15.6 Å². The van der Waals surface area contributed by atoms with Gasteiger partial charge in [0.05, 0.1) is 6.33 Å². The van der Waals surface area contributed by atoms with Gasteiger partial charge >= 0.3 is 5.69 Å². The Balaban J connectivity index is 1.70. The SMILES string of the molecule is CC(C)c1ccc(C(N)CNC(=O)Cn2cnc3c2c(=O)n(C)c(=O)n3C)cc1. The number of hydrogen-bond donors (Lipinski definition) is 2. The fraction of sp³-hybridized carbons (Fsp3) is 0.400. The summed E-state index contributed by atoms with van der Waals surface area (Å²) in [4.78, 5) is 40.9. The number of carbonyl (C=O) groups is 1. The molecule has 9 heteroatoms. The third-order valence-electron chi connectivity index (χ3n) is 5.08. The van der Waals surface area contributed by atoms with Gasteiger partial charge in [-0.1, -0.05) is 38.1 Å². The average Bonchev–Trinajstić information content (AvgIpc) is 3.12. The number of carbonyl (C=O) groups excluding carboxylic acids is 1. The van der Waals surface area contributed by atoms with Crippen LogP contribution in [0, 0.1) is 0 Å². The number of imidazole rings is 1. The molecule has 0 saturated heterocycles. The maximum atomic E-state index is 12.4.